The molecule has 0 aromatic carbocycles. The largest absolute Gasteiger partial charge is 0.0776 e. The lowest BCUT2D eigenvalue weighted by Crippen LogP contribution is -2.38. The van der Waals surface area contributed by atoms with Crippen LogP contribution in [0.15, 0.2) is 0 Å². The molecule has 2 aliphatic carbocycles. The molecule has 90 valence electrons. The van der Waals surface area contributed by atoms with Crippen LogP contribution in [0.25, 0.3) is 0 Å². The second-order valence-corrected chi connectivity index (χ2v) is 7.53. The molecule has 0 nitrogen and oxygen atoms in total. The zero-order valence-electron chi connectivity index (χ0n) is 10.8. The highest BCUT2D eigenvalue weighted by Gasteiger charge is 2.63. The Labute approximate surface area is 96.8 Å². The Morgan fingerprint density at radius 2 is 1.60 bits per heavy atom. The van der Waals surface area contributed by atoms with E-state index in [1.165, 1.54) is 19.3 Å². The van der Waals surface area contributed by atoms with Gasteiger partial charge in [0.15, 0.2) is 0 Å². The standard InChI is InChI=1S/C14H26.CH4/c1-12(2,3)11-9-10-7-8-14(11,6)13(10,4)5;/h10-11H,7-9H2,1-6H3;1H4/t10-,11?,14+;/m0./s1. The van der Waals surface area contributed by atoms with Crippen LogP contribution in [0, 0.1) is 28.1 Å². The van der Waals surface area contributed by atoms with Gasteiger partial charge in [0.05, 0.1) is 0 Å². The van der Waals surface area contributed by atoms with Gasteiger partial charge in [0.2, 0.25) is 0 Å². The van der Waals surface area contributed by atoms with Gasteiger partial charge in [-0.25, -0.2) is 0 Å². The van der Waals surface area contributed by atoms with E-state index >= 15 is 0 Å². The molecule has 2 fully saturated rings. The number of rotatable bonds is 0. The summed E-state index contributed by atoms with van der Waals surface area (Å²) >= 11 is 0. The van der Waals surface area contributed by atoms with Crippen LogP contribution >= 0.6 is 0 Å². The third-order valence-corrected chi connectivity index (χ3v) is 5.84. The number of fused-ring (bicyclic) bond motifs is 2. The van der Waals surface area contributed by atoms with Crippen molar-refractivity contribution in [1.82, 2.24) is 0 Å². The van der Waals surface area contributed by atoms with Crippen LogP contribution in [0.3, 0.4) is 0 Å². The minimum Gasteiger partial charge on any atom is -0.0776 e. The molecule has 0 radical (unpaired) electrons. The van der Waals surface area contributed by atoms with Gasteiger partial charge in [-0.2, -0.15) is 0 Å². The second kappa shape index (κ2) is 3.25. The van der Waals surface area contributed by atoms with Crippen LogP contribution in [0.4, 0.5) is 0 Å². The maximum absolute atomic E-state index is 2.55. The van der Waals surface area contributed by atoms with Crippen molar-refractivity contribution >= 4 is 0 Å². The van der Waals surface area contributed by atoms with Crippen LogP contribution in [-0.4, -0.2) is 0 Å². The van der Waals surface area contributed by atoms with E-state index < -0.39 is 0 Å². The third-order valence-electron chi connectivity index (χ3n) is 5.84. The highest BCUT2D eigenvalue weighted by atomic mass is 14.7. The summed E-state index contributed by atoms with van der Waals surface area (Å²) in [7, 11) is 0. The Bertz CT molecular complexity index is 243. The highest BCUT2D eigenvalue weighted by molar-refractivity contribution is 5.12. The van der Waals surface area contributed by atoms with Gasteiger partial charge in [0.25, 0.3) is 0 Å². The molecule has 2 saturated carbocycles. The second-order valence-electron chi connectivity index (χ2n) is 7.53. The zero-order valence-corrected chi connectivity index (χ0v) is 10.8. The van der Waals surface area contributed by atoms with E-state index in [1.54, 1.807) is 0 Å². The predicted octanol–water partition coefficient (Wildman–Crippen LogP) is 5.13. The first-order chi connectivity index (χ1) is 6.19. The van der Waals surface area contributed by atoms with Crippen molar-refractivity contribution in [3.63, 3.8) is 0 Å². The van der Waals surface area contributed by atoms with Crippen molar-refractivity contribution in [1.29, 1.82) is 0 Å². The van der Waals surface area contributed by atoms with Crippen molar-refractivity contribution in [3.8, 4) is 0 Å². The Hall–Kier alpha value is 0. The van der Waals surface area contributed by atoms with Gasteiger partial charge >= 0.3 is 0 Å². The van der Waals surface area contributed by atoms with E-state index in [9.17, 15) is 0 Å². The van der Waals surface area contributed by atoms with Crippen LogP contribution in [0.2, 0.25) is 0 Å². The summed E-state index contributed by atoms with van der Waals surface area (Å²) < 4.78 is 0. The normalized spacial score (nSPS) is 42.8. The van der Waals surface area contributed by atoms with Gasteiger partial charge in [0.1, 0.15) is 0 Å². The van der Waals surface area contributed by atoms with Crippen LogP contribution in [-0.2, 0) is 0 Å². The van der Waals surface area contributed by atoms with Gasteiger partial charge in [0, 0.05) is 0 Å². The Kier molecular flexibility index (Phi) is 2.83. The van der Waals surface area contributed by atoms with Gasteiger partial charge in [-0.3, -0.25) is 0 Å². The first-order valence-electron chi connectivity index (χ1n) is 6.19. The predicted molar refractivity (Wildman–Crippen MR) is 68.9 cm³/mol. The number of hydrogen-bond donors (Lipinski definition) is 0. The van der Waals surface area contributed by atoms with E-state index in [0.717, 1.165) is 11.8 Å². The fourth-order valence-corrected chi connectivity index (χ4v) is 4.51. The van der Waals surface area contributed by atoms with E-state index in [2.05, 4.69) is 41.5 Å². The molecule has 0 spiro atoms. The zero-order chi connectivity index (χ0) is 10.8. The SMILES string of the molecule is C.CC(C)(C)C1C[C@@H]2CC[C@@]1(C)C2(C)C. The van der Waals surface area contributed by atoms with Crippen LogP contribution in [0.1, 0.15) is 68.2 Å². The minimum atomic E-state index is 0. The quantitative estimate of drug-likeness (QED) is 0.520. The summed E-state index contributed by atoms with van der Waals surface area (Å²) in [4.78, 5) is 0. The molecule has 0 heterocycles. The van der Waals surface area contributed by atoms with Crippen molar-refractivity contribution in [2.75, 3.05) is 0 Å². The summed E-state index contributed by atoms with van der Waals surface area (Å²) in [5.41, 5.74) is 1.70. The topological polar surface area (TPSA) is 0 Å². The lowest BCUT2D eigenvalue weighted by atomic mass is 9.60. The third kappa shape index (κ3) is 1.47. The lowest BCUT2D eigenvalue weighted by molar-refractivity contribution is 0.0358. The Balaban J connectivity index is 0.00000112. The van der Waals surface area contributed by atoms with Crippen LogP contribution in [0.5, 0.6) is 0 Å². The van der Waals surface area contributed by atoms with E-state index in [0.29, 0.717) is 16.2 Å². The summed E-state index contributed by atoms with van der Waals surface area (Å²) in [5, 5.41) is 0. The van der Waals surface area contributed by atoms with E-state index in [-0.39, 0.29) is 7.43 Å². The molecule has 15 heavy (non-hydrogen) atoms. The molecular formula is C15H30. The average molecular weight is 210 g/mol. The molecule has 0 amide bonds. The average Bonchev–Trinajstić information content (AvgIpc) is 2.32. The molecule has 0 aromatic heterocycles. The molecule has 0 heteroatoms. The molecule has 0 aromatic rings. The van der Waals surface area contributed by atoms with Gasteiger partial charge in [-0.15, -0.1) is 0 Å². The highest BCUT2D eigenvalue weighted by Crippen LogP contribution is 2.71. The molecule has 0 N–H and O–H groups in total. The maximum atomic E-state index is 2.55. The van der Waals surface area contributed by atoms with Gasteiger partial charge < -0.3 is 0 Å². The Morgan fingerprint density at radius 1 is 1.07 bits per heavy atom. The summed E-state index contributed by atoms with van der Waals surface area (Å²) in [5.74, 6) is 1.93. The van der Waals surface area contributed by atoms with Crippen molar-refractivity contribution in [2.24, 2.45) is 28.1 Å². The van der Waals surface area contributed by atoms with Gasteiger partial charge in [-0.05, 0) is 47.3 Å². The molecule has 0 aliphatic heterocycles. The minimum absolute atomic E-state index is 0. The first kappa shape index (κ1) is 13.1. The molecule has 2 bridgehead atoms. The molecule has 2 aliphatic rings. The fraction of sp³-hybridized carbons (Fsp3) is 1.00. The summed E-state index contributed by atoms with van der Waals surface area (Å²) in [6.07, 6.45) is 4.43. The maximum Gasteiger partial charge on any atom is -0.0238 e. The summed E-state index contributed by atoms with van der Waals surface area (Å²) in [6, 6.07) is 0. The smallest absolute Gasteiger partial charge is 0.0238 e. The lowest BCUT2D eigenvalue weighted by Gasteiger charge is -2.45. The molecular weight excluding hydrogens is 180 g/mol. The fourth-order valence-electron chi connectivity index (χ4n) is 4.51. The first-order valence-corrected chi connectivity index (χ1v) is 6.19. The molecule has 0 saturated heterocycles. The monoisotopic (exact) mass is 210 g/mol. The molecule has 3 atom stereocenters. The molecule has 2 rings (SSSR count). The van der Waals surface area contributed by atoms with Crippen LogP contribution < -0.4 is 0 Å². The van der Waals surface area contributed by atoms with E-state index in [1.807, 2.05) is 0 Å². The molecule has 1 unspecified atom stereocenters. The van der Waals surface area contributed by atoms with E-state index in [4.69, 9.17) is 0 Å². The Morgan fingerprint density at radius 3 is 1.80 bits per heavy atom. The number of hydrogen-bond acceptors (Lipinski definition) is 0. The van der Waals surface area contributed by atoms with Crippen molar-refractivity contribution < 1.29 is 0 Å². The van der Waals surface area contributed by atoms with Crippen molar-refractivity contribution in [2.45, 2.75) is 68.2 Å². The van der Waals surface area contributed by atoms with Crippen molar-refractivity contribution in [3.05, 3.63) is 0 Å². The summed E-state index contributed by atoms with van der Waals surface area (Å²) in [6.45, 7) is 14.9. The van der Waals surface area contributed by atoms with Gasteiger partial charge in [-0.1, -0.05) is 49.0 Å².